The van der Waals surface area contributed by atoms with Crippen LogP contribution in [0.3, 0.4) is 0 Å². The lowest BCUT2D eigenvalue weighted by Crippen LogP contribution is -3.13. The number of nitrogens with zero attached hydrogens (tertiary/aromatic N) is 1. The minimum absolute atomic E-state index is 0.00459. The first-order valence-corrected chi connectivity index (χ1v) is 7.80. The van der Waals surface area contributed by atoms with Crippen LogP contribution in [-0.2, 0) is 6.54 Å². The van der Waals surface area contributed by atoms with Gasteiger partial charge in [0.25, 0.3) is 0 Å². The van der Waals surface area contributed by atoms with E-state index in [0.29, 0.717) is 0 Å². The molecule has 3 rings (SSSR count). The van der Waals surface area contributed by atoms with Crippen LogP contribution in [0.15, 0.2) is 60.7 Å². The summed E-state index contributed by atoms with van der Waals surface area (Å²) in [6, 6.07) is 20.2. The maximum absolute atomic E-state index is 12.2. The van der Waals surface area contributed by atoms with E-state index in [-0.39, 0.29) is 6.03 Å². The first-order chi connectivity index (χ1) is 10.8. The Morgan fingerprint density at radius 1 is 0.955 bits per heavy atom. The molecule has 4 nitrogen and oxygen atoms in total. The average molecular weight is 296 g/mol. The van der Waals surface area contributed by atoms with Crippen LogP contribution in [0.2, 0.25) is 0 Å². The Morgan fingerprint density at radius 3 is 2.18 bits per heavy atom. The molecule has 0 bridgehead atoms. The topological polar surface area (TPSA) is 36.8 Å². The summed E-state index contributed by atoms with van der Waals surface area (Å²) in [7, 11) is 0. The van der Waals surface area contributed by atoms with Crippen LogP contribution in [0.25, 0.3) is 0 Å². The van der Waals surface area contributed by atoms with Crippen molar-refractivity contribution in [3.63, 3.8) is 0 Å². The summed E-state index contributed by atoms with van der Waals surface area (Å²) in [6.45, 7) is 4.64. The van der Waals surface area contributed by atoms with Gasteiger partial charge in [0.15, 0.2) is 0 Å². The number of nitrogens with one attached hydrogen (secondary N) is 2. The Bertz CT molecular complexity index is 592. The van der Waals surface area contributed by atoms with Crippen LogP contribution < -0.4 is 10.2 Å². The van der Waals surface area contributed by atoms with E-state index in [2.05, 4.69) is 29.6 Å². The highest BCUT2D eigenvalue weighted by molar-refractivity contribution is 5.89. The fourth-order valence-electron chi connectivity index (χ4n) is 2.81. The Hall–Kier alpha value is -2.33. The molecule has 1 aliphatic rings. The van der Waals surface area contributed by atoms with Crippen molar-refractivity contribution in [3.8, 4) is 0 Å². The van der Waals surface area contributed by atoms with E-state index < -0.39 is 0 Å². The molecule has 114 valence electrons. The molecule has 22 heavy (non-hydrogen) atoms. The molecule has 1 aliphatic heterocycles. The molecule has 2 aromatic rings. The van der Waals surface area contributed by atoms with Gasteiger partial charge in [-0.05, 0) is 12.1 Å². The van der Waals surface area contributed by atoms with E-state index in [4.69, 9.17) is 0 Å². The van der Waals surface area contributed by atoms with Crippen molar-refractivity contribution >= 4 is 11.7 Å². The molecule has 2 amide bonds. The number of anilines is 1. The molecule has 1 fully saturated rings. The van der Waals surface area contributed by atoms with Crippen molar-refractivity contribution in [2.45, 2.75) is 6.54 Å². The van der Waals surface area contributed by atoms with E-state index in [0.717, 1.165) is 38.4 Å². The van der Waals surface area contributed by atoms with Crippen molar-refractivity contribution in [3.05, 3.63) is 66.2 Å². The highest BCUT2D eigenvalue weighted by Gasteiger charge is 2.23. The number of rotatable bonds is 3. The van der Waals surface area contributed by atoms with Gasteiger partial charge in [-0.15, -0.1) is 0 Å². The van der Waals surface area contributed by atoms with Crippen molar-refractivity contribution in [2.24, 2.45) is 0 Å². The lowest BCUT2D eigenvalue weighted by atomic mass is 10.2. The van der Waals surface area contributed by atoms with E-state index in [9.17, 15) is 4.79 Å². The van der Waals surface area contributed by atoms with Gasteiger partial charge in [-0.3, -0.25) is 0 Å². The number of quaternary nitrogens is 1. The number of amides is 2. The molecular weight excluding hydrogens is 274 g/mol. The fourth-order valence-corrected chi connectivity index (χ4v) is 2.81. The molecule has 2 aromatic carbocycles. The first-order valence-electron chi connectivity index (χ1n) is 7.80. The molecule has 2 N–H and O–H groups in total. The predicted octanol–water partition coefficient (Wildman–Crippen LogP) is 1.62. The standard InChI is InChI=1S/C18H21N3O/c22-18(19-17-9-5-2-6-10-17)21-13-11-20(12-14-21)15-16-7-3-1-4-8-16/h1-10H,11-15H2,(H,19,22)/p+1. The highest BCUT2D eigenvalue weighted by Crippen LogP contribution is 2.06. The van der Waals surface area contributed by atoms with Crippen molar-refractivity contribution in [1.29, 1.82) is 0 Å². The number of piperazine rings is 1. The molecule has 1 saturated heterocycles. The van der Waals surface area contributed by atoms with Gasteiger partial charge in [-0.1, -0.05) is 48.5 Å². The maximum Gasteiger partial charge on any atom is 0.322 e. The predicted molar refractivity (Wildman–Crippen MR) is 87.9 cm³/mol. The Labute approximate surface area is 131 Å². The number of benzene rings is 2. The summed E-state index contributed by atoms with van der Waals surface area (Å²) in [4.78, 5) is 15.7. The minimum Gasteiger partial charge on any atom is -0.328 e. The molecule has 0 atom stereocenters. The van der Waals surface area contributed by atoms with E-state index in [1.54, 1.807) is 0 Å². The summed E-state index contributed by atoms with van der Waals surface area (Å²) >= 11 is 0. The van der Waals surface area contributed by atoms with Crippen molar-refractivity contribution in [1.82, 2.24) is 4.90 Å². The minimum atomic E-state index is 0.00459. The quantitative estimate of drug-likeness (QED) is 0.887. The normalized spacial score (nSPS) is 15.5. The summed E-state index contributed by atoms with van der Waals surface area (Å²) in [5, 5.41) is 2.95. The second kappa shape index (κ2) is 7.09. The summed E-state index contributed by atoms with van der Waals surface area (Å²) in [5.41, 5.74) is 2.21. The molecule has 4 heteroatoms. The number of carbonyl (C=O) groups is 1. The molecule has 0 aromatic heterocycles. The molecular formula is C18H22N3O+. The number of para-hydroxylation sites is 1. The summed E-state index contributed by atoms with van der Waals surface area (Å²) in [5.74, 6) is 0. The lowest BCUT2D eigenvalue weighted by Gasteiger charge is -2.32. The van der Waals surface area contributed by atoms with Crippen molar-refractivity contribution < 1.29 is 9.69 Å². The molecule has 0 unspecified atom stereocenters. The molecule has 0 radical (unpaired) electrons. The number of urea groups is 1. The third-order valence-electron chi connectivity index (χ3n) is 4.08. The van der Waals surface area contributed by atoms with Crippen LogP contribution in [0.4, 0.5) is 10.5 Å². The molecule has 0 saturated carbocycles. The number of hydrogen-bond donors (Lipinski definition) is 2. The fraction of sp³-hybridized carbons (Fsp3) is 0.278. The van der Waals surface area contributed by atoms with Gasteiger partial charge in [-0.25, -0.2) is 4.79 Å². The zero-order chi connectivity index (χ0) is 15.2. The summed E-state index contributed by atoms with van der Waals surface area (Å²) < 4.78 is 0. The van der Waals surface area contributed by atoms with Crippen LogP contribution >= 0.6 is 0 Å². The van der Waals surface area contributed by atoms with Crippen LogP contribution in [0, 0.1) is 0 Å². The molecule has 1 heterocycles. The second-order valence-electron chi connectivity index (χ2n) is 5.70. The van der Waals surface area contributed by atoms with E-state index in [1.165, 1.54) is 10.5 Å². The Balaban J connectivity index is 1.48. The Kier molecular flexibility index (Phi) is 4.71. The zero-order valence-corrected chi connectivity index (χ0v) is 12.7. The summed E-state index contributed by atoms with van der Waals surface area (Å²) in [6.07, 6.45) is 0. The third kappa shape index (κ3) is 3.86. The zero-order valence-electron chi connectivity index (χ0n) is 12.7. The maximum atomic E-state index is 12.2. The van der Waals surface area contributed by atoms with E-state index >= 15 is 0 Å². The van der Waals surface area contributed by atoms with Crippen LogP contribution in [-0.4, -0.2) is 37.1 Å². The molecule has 0 aliphatic carbocycles. The highest BCUT2D eigenvalue weighted by atomic mass is 16.2. The average Bonchev–Trinajstić information content (AvgIpc) is 2.57. The second-order valence-corrected chi connectivity index (χ2v) is 5.70. The number of carbonyl (C=O) groups excluding carboxylic acids is 1. The van der Waals surface area contributed by atoms with Gasteiger partial charge in [0, 0.05) is 11.3 Å². The van der Waals surface area contributed by atoms with Gasteiger partial charge in [-0.2, -0.15) is 0 Å². The first kappa shape index (κ1) is 14.6. The largest absolute Gasteiger partial charge is 0.328 e. The van der Waals surface area contributed by atoms with Gasteiger partial charge in [0.05, 0.1) is 26.2 Å². The number of hydrogen-bond acceptors (Lipinski definition) is 1. The van der Waals surface area contributed by atoms with Gasteiger partial charge < -0.3 is 15.1 Å². The molecule has 0 spiro atoms. The van der Waals surface area contributed by atoms with Gasteiger partial charge >= 0.3 is 6.03 Å². The monoisotopic (exact) mass is 296 g/mol. The van der Waals surface area contributed by atoms with Crippen LogP contribution in [0.5, 0.6) is 0 Å². The third-order valence-corrected chi connectivity index (χ3v) is 4.08. The Morgan fingerprint density at radius 2 is 1.55 bits per heavy atom. The van der Waals surface area contributed by atoms with Crippen molar-refractivity contribution in [2.75, 3.05) is 31.5 Å². The van der Waals surface area contributed by atoms with Gasteiger partial charge in [0.1, 0.15) is 6.54 Å². The lowest BCUT2D eigenvalue weighted by molar-refractivity contribution is -0.917. The smallest absolute Gasteiger partial charge is 0.322 e. The van der Waals surface area contributed by atoms with Gasteiger partial charge in [0.2, 0.25) is 0 Å². The SMILES string of the molecule is O=C(Nc1ccccc1)N1CC[NH+](Cc2ccccc2)CC1. The van der Waals surface area contributed by atoms with E-state index in [1.807, 2.05) is 41.3 Å². The van der Waals surface area contributed by atoms with Crippen LogP contribution in [0.1, 0.15) is 5.56 Å².